The van der Waals surface area contributed by atoms with Crippen LogP contribution in [0.4, 0.5) is 22.5 Å². The van der Waals surface area contributed by atoms with Gasteiger partial charge in [-0.25, -0.2) is 19.7 Å². The molecule has 2 N–H and O–H groups in total. The second kappa shape index (κ2) is 8.98. The molecule has 0 atom stereocenters. The van der Waals surface area contributed by atoms with Gasteiger partial charge in [-0.1, -0.05) is 0 Å². The van der Waals surface area contributed by atoms with Crippen molar-refractivity contribution in [3.63, 3.8) is 0 Å². The third kappa shape index (κ3) is 4.70. The zero-order valence-corrected chi connectivity index (χ0v) is 18.4. The third-order valence-electron chi connectivity index (χ3n) is 5.96. The van der Waals surface area contributed by atoms with Crippen LogP contribution in [0.3, 0.4) is 0 Å². The first-order valence-electron chi connectivity index (χ1n) is 11.0. The molecule has 3 aliphatic rings. The maximum atomic E-state index is 12.0. The second-order valence-electron chi connectivity index (χ2n) is 8.23. The molecule has 3 amide bonds. The van der Waals surface area contributed by atoms with E-state index in [1.807, 2.05) is 6.07 Å². The lowest BCUT2D eigenvalue weighted by Crippen LogP contribution is -2.48. The Hall–Kier alpha value is -3.80. The molecule has 0 aliphatic carbocycles. The number of imide groups is 1. The number of likely N-dealkylation sites (N-methyl/N-ethyl adjacent to an activating group) is 1. The summed E-state index contributed by atoms with van der Waals surface area (Å²) in [6.07, 6.45) is 5.09. The van der Waals surface area contributed by atoms with E-state index in [9.17, 15) is 9.59 Å². The number of rotatable bonds is 4. The number of nitrogens with one attached hydrogen (secondary N) is 2. The summed E-state index contributed by atoms with van der Waals surface area (Å²) in [5, 5.41) is 4.75. The molecule has 2 aromatic rings. The molecule has 5 rings (SSSR count). The van der Waals surface area contributed by atoms with Crippen LogP contribution >= 0.6 is 0 Å². The Morgan fingerprint density at radius 2 is 1.45 bits per heavy atom. The van der Waals surface area contributed by atoms with Gasteiger partial charge in [0.1, 0.15) is 11.5 Å². The molecule has 172 valence electrons. The van der Waals surface area contributed by atoms with Gasteiger partial charge in [0.25, 0.3) is 5.91 Å². The average Bonchev–Trinajstić information content (AvgIpc) is 3.16. The van der Waals surface area contributed by atoms with Gasteiger partial charge in [0.15, 0.2) is 0 Å². The van der Waals surface area contributed by atoms with Crippen molar-refractivity contribution in [2.24, 2.45) is 0 Å². The van der Waals surface area contributed by atoms with Gasteiger partial charge in [-0.3, -0.25) is 10.1 Å². The molecule has 12 heteroatoms. The molecule has 33 heavy (non-hydrogen) atoms. The fourth-order valence-electron chi connectivity index (χ4n) is 4.04. The zero-order valence-electron chi connectivity index (χ0n) is 18.4. The van der Waals surface area contributed by atoms with E-state index in [4.69, 9.17) is 9.97 Å². The van der Waals surface area contributed by atoms with Crippen LogP contribution in [0.5, 0.6) is 0 Å². The van der Waals surface area contributed by atoms with Crippen LogP contribution in [0.2, 0.25) is 0 Å². The predicted molar refractivity (Wildman–Crippen MR) is 123 cm³/mol. The summed E-state index contributed by atoms with van der Waals surface area (Å²) in [5.41, 5.74) is 0.759. The fourth-order valence-corrected chi connectivity index (χ4v) is 4.04. The van der Waals surface area contributed by atoms with Gasteiger partial charge in [0.05, 0.1) is 5.69 Å². The number of nitrogens with zero attached hydrogens (tertiary/aromatic N) is 8. The first-order chi connectivity index (χ1) is 16.0. The second-order valence-corrected chi connectivity index (χ2v) is 8.23. The number of hydrogen-bond acceptors (Lipinski definition) is 10. The smallest absolute Gasteiger partial charge is 0.326 e. The molecule has 3 saturated heterocycles. The summed E-state index contributed by atoms with van der Waals surface area (Å²) in [4.78, 5) is 50.6. The van der Waals surface area contributed by atoms with Gasteiger partial charge in [-0.05, 0) is 19.2 Å². The van der Waals surface area contributed by atoms with E-state index >= 15 is 0 Å². The standard InChI is InChI=1S/C21H26N10O2/c1-28-5-7-29(8-6-28)17-14-15(13-16-18(32)27-21(33)25-16)24-20(26-17)31-11-9-30(10-12-31)19-22-3-2-4-23-19/h2-4,13-14H,5-12H2,1H3,(H2,25,27,32,33). The van der Waals surface area contributed by atoms with E-state index in [1.54, 1.807) is 24.5 Å². The third-order valence-corrected chi connectivity index (χ3v) is 5.96. The molecule has 0 aromatic carbocycles. The highest BCUT2D eigenvalue weighted by Crippen LogP contribution is 2.22. The minimum Gasteiger partial charge on any atom is -0.354 e. The largest absolute Gasteiger partial charge is 0.354 e. The SMILES string of the molecule is CN1CCN(c2cc(C=C3NC(=O)NC3=O)nc(N3CCN(c4ncccn4)CC3)n2)CC1. The minimum absolute atomic E-state index is 0.181. The highest BCUT2D eigenvalue weighted by molar-refractivity contribution is 6.13. The van der Waals surface area contributed by atoms with Gasteiger partial charge >= 0.3 is 6.03 Å². The molecule has 0 bridgehead atoms. The van der Waals surface area contributed by atoms with Gasteiger partial charge in [0.2, 0.25) is 11.9 Å². The monoisotopic (exact) mass is 450 g/mol. The van der Waals surface area contributed by atoms with Gasteiger partial charge in [-0.15, -0.1) is 0 Å². The summed E-state index contributed by atoms with van der Waals surface area (Å²) < 4.78 is 0. The maximum absolute atomic E-state index is 12.0. The van der Waals surface area contributed by atoms with Crippen LogP contribution < -0.4 is 25.3 Å². The molecule has 3 aliphatic heterocycles. The quantitative estimate of drug-likeness (QED) is 0.467. The lowest BCUT2D eigenvalue weighted by molar-refractivity contribution is -0.115. The molecular formula is C21H26N10O2. The lowest BCUT2D eigenvalue weighted by atomic mass is 10.2. The Bertz CT molecular complexity index is 1060. The summed E-state index contributed by atoms with van der Waals surface area (Å²) in [6.45, 7) is 6.56. The van der Waals surface area contributed by atoms with E-state index in [2.05, 4.69) is 47.2 Å². The molecule has 5 heterocycles. The van der Waals surface area contributed by atoms with Crippen molar-refractivity contribution in [3.8, 4) is 0 Å². The molecule has 0 unspecified atom stereocenters. The number of carbonyl (C=O) groups excluding carboxylic acids is 2. The van der Waals surface area contributed by atoms with E-state index in [-0.39, 0.29) is 5.70 Å². The number of anilines is 3. The highest BCUT2D eigenvalue weighted by Gasteiger charge is 2.26. The van der Waals surface area contributed by atoms with Crippen LogP contribution in [0.25, 0.3) is 6.08 Å². The topological polar surface area (TPSA) is 123 Å². The van der Waals surface area contributed by atoms with Crippen LogP contribution in [-0.2, 0) is 4.79 Å². The zero-order chi connectivity index (χ0) is 22.8. The predicted octanol–water partition coefficient (Wildman–Crippen LogP) is -0.475. The number of piperazine rings is 2. The van der Waals surface area contributed by atoms with Crippen molar-refractivity contribution in [3.05, 3.63) is 35.9 Å². The first-order valence-corrected chi connectivity index (χ1v) is 11.0. The molecule has 0 radical (unpaired) electrons. The maximum Gasteiger partial charge on any atom is 0.326 e. The Morgan fingerprint density at radius 1 is 0.818 bits per heavy atom. The first kappa shape index (κ1) is 21.1. The van der Waals surface area contributed by atoms with Crippen molar-refractivity contribution >= 4 is 35.7 Å². The van der Waals surface area contributed by atoms with Crippen LogP contribution in [-0.4, -0.2) is 96.2 Å². The summed E-state index contributed by atoms with van der Waals surface area (Å²) in [5.74, 6) is 1.69. The van der Waals surface area contributed by atoms with E-state index < -0.39 is 11.9 Å². The van der Waals surface area contributed by atoms with Crippen molar-refractivity contribution in [2.45, 2.75) is 0 Å². The van der Waals surface area contributed by atoms with E-state index in [0.29, 0.717) is 11.6 Å². The fraction of sp³-hybridized carbons (Fsp3) is 0.429. The summed E-state index contributed by atoms with van der Waals surface area (Å²) in [6, 6.07) is 3.15. The minimum atomic E-state index is -0.529. The molecule has 0 spiro atoms. The Balaban J connectivity index is 1.40. The van der Waals surface area contributed by atoms with Crippen molar-refractivity contribution in [1.29, 1.82) is 0 Å². The molecule has 12 nitrogen and oxygen atoms in total. The van der Waals surface area contributed by atoms with Gasteiger partial charge < -0.3 is 24.9 Å². The Labute approximate surface area is 191 Å². The van der Waals surface area contributed by atoms with Crippen molar-refractivity contribution in [1.82, 2.24) is 35.5 Å². The van der Waals surface area contributed by atoms with Crippen LogP contribution in [0, 0.1) is 0 Å². The summed E-state index contributed by atoms with van der Waals surface area (Å²) in [7, 11) is 2.11. The average molecular weight is 451 g/mol. The summed E-state index contributed by atoms with van der Waals surface area (Å²) >= 11 is 0. The normalized spacial score (nSPS) is 20.9. The van der Waals surface area contributed by atoms with E-state index in [0.717, 1.165) is 64.1 Å². The van der Waals surface area contributed by atoms with Crippen LogP contribution in [0.1, 0.15) is 5.69 Å². The number of urea groups is 1. The lowest BCUT2D eigenvalue weighted by Gasteiger charge is -2.36. The Morgan fingerprint density at radius 3 is 2.09 bits per heavy atom. The van der Waals surface area contributed by atoms with E-state index in [1.165, 1.54) is 0 Å². The number of aromatic nitrogens is 4. The Kier molecular flexibility index (Phi) is 5.73. The molecule has 3 fully saturated rings. The van der Waals surface area contributed by atoms with Crippen LogP contribution in [0.15, 0.2) is 30.2 Å². The molecule has 2 aromatic heterocycles. The number of amides is 3. The molecule has 0 saturated carbocycles. The van der Waals surface area contributed by atoms with Gasteiger partial charge in [0, 0.05) is 70.8 Å². The van der Waals surface area contributed by atoms with Crippen molar-refractivity contribution in [2.75, 3.05) is 74.1 Å². The number of carbonyl (C=O) groups is 2. The van der Waals surface area contributed by atoms with Crippen molar-refractivity contribution < 1.29 is 9.59 Å². The highest BCUT2D eigenvalue weighted by atomic mass is 16.2. The van der Waals surface area contributed by atoms with Gasteiger partial charge in [-0.2, -0.15) is 4.98 Å². The molecular weight excluding hydrogens is 424 g/mol. The number of hydrogen-bond donors (Lipinski definition) is 2.